The molecule has 0 spiro atoms. The first-order valence-electron chi connectivity index (χ1n) is 6.97. The predicted molar refractivity (Wildman–Crippen MR) is 81.5 cm³/mol. The van der Waals surface area contributed by atoms with Crippen LogP contribution in [0.15, 0.2) is 60.3 Å². The number of aliphatic carboxylic acids is 2. The third-order valence-electron chi connectivity index (χ3n) is 3.28. The lowest BCUT2D eigenvalue weighted by molar-refractivity contribution is -0.138. The SMILES string of the molecule is O=C(O)CCN1C=CC(=C2C=CN(CCC(=O)O)C=C2)C=C1. The molecule has 0 aromatic carbocycles. The van der Waals surface area contributed by atoms with Gasteiger partial charge in [0, 0.05) is 37.9 Å². The molecule has 2 heterocycles. The topological polar surface area (TPSA) is 81.1 Å². The molecule has 2 N–H and O–H groups in total. The summed E-state index contributed by atoms with van der Waals surface area (Å²) < 4.78 is 0. The van der Waals surface area contributed by atoms with Crippen LogP contribution in [-0.2, 0) is 9.59 Å². The minimum atomic E-state index is -0.814. The largest absolute Gasteiger partial charge is 0.481 e. The van der Waals surface area contributed by atoms with Gasteiger partial charge in [-0.05, 0) is 35.5 Å². The lowest BCUT2D eigenvalue weighted by Gasteiger charge is -2.21. The van der Waals surface area contributed by atoms with E-state index in [-0.39, 0.29) is 12.8 Å². The van der Waals surface area contributed by atoms with Crippen molar-refractivity contribution in [3.05, 3.63) is 60.3 Å². The zero-order chi connectivity index (χ0) is 15.9. The average Bonchev–Trinajstić information content (AvgIpc) is 2.52. The molecular formula is C16H18N2O4. The number of rotatable bonds is 6. The summed E-state index contributed by atoms with van der Waals surface area (Å²) in [6, 6.07) is 0. The van der Waals surface area contributed by atoms with E-state index in [1.807, 2.05) is 58.9 Å². The summed E-state index contributed by atoms with van der Waals surface area (Å²) in [6.45, 7) is 0.888. The van der Waals surface area contributed by atoms with Gasteiger partial charge < -0.3 is 20.0 Å². The van der Waals surface area contributed by atoms with Gasteiger partial charge in [0.1, 0.15) is 0 Å². The van der Waals surface area contributed by atoms with E-state index >= 15 is 0 Å². The number of nitrogens with zero attached hydrogens (tertiary/aromatic N) is 2. The van der Waals surface area contributed by atoms with E-state index in [1.54, 1.807) is 0 Å². The molecule has 0 aliphatic carbocycles. The molecule has 6 nitrogen and oxygen atoms in total. The number of hydrogen-bond acceptors (Lipinski definition) is 4. The summed E-state index contributed by atoms with van der Waals surface area (Å²) in [4.78, 5) is 24.7. The molecular weight excluding hydrogens is 284 g/mol. The molecule has 0 bridgehead atoms. The van der Waals surface area contributed by atoms with Crippen molar-refractivity contribution < 1.29 is 19.8 Å². The Balaban J connectivity index is 1.92. The summed E-state index contributed by atoms with van der Waals surface area (Å²) in [5, 5.41) is 17.3. The highest BCUT2D eigenvalue weighted by atomic mass is 16.4. The van der Waals surface area contributed by atoms with Crippen LogP contribution < -0.4 is 0 Å². The smallest absolute Gasteiger partial charge is 0.305 e. The van der Waals surface area contributed by atoms with Crippen molar-refractivity contribution in [1.82, 2.24) is 9.80 Å². The van der Waals surface area contributed by atoms with E-state index in [9.17, 15) is 9.59 Å². The molecule has 0 radical (unpaired) electrons. The second-order valence-electron chi connectivity index (χ2n) is 4.94. The van der Waals surface area contributed by atoms with Crippen molar-refractivity contribution in [2.24, 2.45) is 0 Å². The average molecular weight is 302 g/mol. The highest BCUT2D eigenvalue weighted by Gasteiger charge is 2.08. The lowest BCUT2D eigenvalue weighted by Crippen LogP contribution is -2.17. The van der Waals surface area contributed by atoms with Gasteiger partial charge in [0.05, 0.1) is 12.8 Å². The highest BCUT2D eigenvalue weighted by molar-refractivity contribution is 5.67. The second-order valence-corrected chi connectivity index (χ2v) is 4.94. The Hall–Kier alpha value is -2.76. The van der Waals surface area contributed by atoms with E-state index in [2.05, 4.69) is 0 Å². The van der Waals surface area contributed by atoms with Gasteiger partial charge in [-0.3, -0.25) is 9.59 Å². The van der Waals surface area contributed by atoms with Gasteiger partial charge in [0.25, 0.3) is 0 Å². The Morgan fingerprint density at radius 2 is 1.05 bits per heavy atom. The molecule has 0 unspecified atom stereocenters. The minimum absolute atomic E-state index is 0.0962. The van der Waals surface area contributed by atoms with E-state index in [0.29, 0.717) is 13.1 Å². The normalized spacial score (nSPS) is 16.5. The fourth-order valence-corrected chi connectivity index (χ4v) is 2.05. The molecule has 0 aromatic heterocycles. The number of hydrogen-bond donors (Lipinski definition) is 2. The van der Waals surface area contributed by atoms with Crippen LogP contribution in [0.3, 0.4) is 0 Å². The van der Waals surface area contributed by atoms with Crippen LogP contribution in [0.25, 0.3) is 0 Å². The van der Waals surface area contributed by atoms with Gasteiger partial charge in [-0.15, -0.1) is 0 Å². The molecule has 2 aliphatic rings. The van der Waals surface area contributed by atoms with Crippen LogP contribution in [0.4, 0.5) is 0 Å². The number of carbonyl (C=O) groups is 2. The van der Waals surface area contributed by atoms with E-state index in [0.717, 1.165) is 11.1 Å². The van der Waals surface area contributed by atoms with Crippen molar-refractivity contribution in [3.8, 4) is 0 Å². The van der Waals surface area contributed by atoms with Gasteiger partial charge in [0.2, 0.25) is 0 Å². The number of carboxylic acids is 2. The number of carboxylic acid groups (broad SMARTS) is 2. The van der Waals surface area contributed by atoms with Crippen LogP contribution in [0.2, 0.25) is 0 Å². The zero-order valence-electron chi connectivity index (χ0n) is 12.1. The Morgan fingerprint density at radius 3 is 1.32 bits per heavy atom. The number of allylic oxidation sites excluding steroid dienone is 6. The second kappa shape index (κ2) is 7.31. The molecule has 6 heteroatoms. The van der Waals surface area contributed by atoms with Gasteiger partial charge >= 0.3 is 11.9 Å². The molecule has 0 amide bonds. The van der Waals surface area contributed by atoms with Crippen molar-refractivity contribution in [2.75, 3.05) is 13.1 Å². The maximum atomic E-state index is 10.5. The fraction of sp³-hybridized carbons (Fsp3) is 0.250. The Labute approximate surface area is 128 Å². The molecule has 0 atom stereocenters. The van der Waals surface area contributed by atoms with Crippen LogP contribution >= 0.6 is 0 Å². The van der Waals surface area contributed by atoms with Gasteiger partial charge in [-0.25, -0.2) is 0 Å². The zero-order valence-corrected chi connectivity index (χ0v) is 12.1. The lowest BCUT2D eigenvalue weighted by atomic mass is 10.0. The molecule has 2 aliphatic heterocycles. The molecule has 2 rings (SSSR count). The Bertz CT molecular complexity index is 515. The molecule has 0 saturated heterocycles. The monoisotopic (exact) mass is 302 g/mol. The predicted octanol–water partition coefficient (Wildman–Crippen LogP) is 1.92. The van der Waals surface area contributed by atoms with Crippen molar-refractivity contribution in [2.45, 2.75) is 12.8 Å². The van der Waals surface area contributed by atoms with Crippen LogP contribution in [-0.4, -0.2) is 45.0 Å². The van der Waals surface area contributed by atoms with Gasteiger partial charge in [-0.1, -0.05) is 0 Å². The molecule has 0 aromatic rings. The Kier molecular flexibility index (Phi) is 5.19. The van der Waals surface area contributed by atoms with E-state index < -0.39 is 11.9 Å². The van der Waals surface area contributed by atoms with E-state index in [4.69, 9.17) is 10.2 Å². The van der Waals surface area contributed by atoms with Crippen LogP contribution in [0, 0.1) is 0 Å². The minimum Gasteiger partial charge on any atom is -0.481 e. The summed E-state index contributed by atoms with van der Waals surface area (Å²) in [6.07, 6.45) is 15.3. The Morgan fingerprint density at radius 1 is 0.727 bits per heavy atom. The van der Waals surface area contributed by atoms with Gasteiger partial charge in [0.15, 0.2) is 0 Å². The van der Waals surface area contributed by atoms with Crippen LogP contribution in [0.5, 0.6) is 0 Å². The fourth-order valence-electron chi connectivity index (χ4n) is 2.05. The summed E-state index contributed by atoms with van der Waals surface area (Å²) in [5.74, 6) is -1.63. The summed E-state index contributed by atoms with van der Waals surface area (Å²) >= 11 is 0. The maximum Gasteiger partial charge on any atom is 0.305 e. The van der Waals surface area contributed by atoms with Gasteiger partial charge in [-0.2, -0.15) is 0 Å². The maximum absolute atomic E-state index is 10.5. The third-order valence-corrected chi connectivity index (χ3v) is 3.28. The quantitative estimate of drug-likeness (QED) is 0.780. The third kappa shape index (κ3) is 4.66. The highest BCUT2D eigenvalue weighted by Crippen LogP contribution is 2.19. The first kappa shape index (κ1) is 15.6. The molecule has 22 heavy (non-hydrogen) atoms. The molecule has 116 valence electrons. The van der Waals surface area contributed by atoms with Crippen molar-refractivity contribution in [3.63, 3.8) is 0 Å². The first-order chi connectivity index (χ1) is 10.5. The van der Waals surface area contributed by atoms with Crippen molar-refractivity contribution in [1.29, 1.82) is 0 Å². The van der Waals surface area contributed by atoms with Crippen molar-refractivity contribution >= 4 is 11.9 Å². The molecule has 0 saturated carbocycles. The standard InChI is InChI=1S/C16H18N2O4/c19-15(20)5-11-17-7-1-13(2-8-17)14-3-9-18(10-4-14)12-6-16(21)22/h1-4,7-10H,5-6,11-12H2,(H,19,20)(H,21,22). The summed E-state index contributed by atoms with van der Waals surface area (Å²) in [7, 11) is 0. The van der Waals surface area contributed by atoms with Crippen LogP contribution in [0.1, 0.15) is 12.8 Å². The first-order valence-corrected chi connectivity index (χ1v) is 6.97. The summed E-state index contributed by atoms with van der Waals surface area (Å²) in [5.41, 5.74) is 2.05. The molecule has 0 fully saturated rings. The van der Waals surface area contributed by atoms with E-state index in [1.165, 1.54) is 0 Å².